The predicted molar refractivity (Wildman–Crippen MR) is 65.0 cm³/mol. The summed E-state index contributed by atoms with van der Waals surface area (Å²) in [5, 5.41) is 7.91. The topological polar surface area (TPSA) is 33.3 Å². The highest BCUT2D eigenvalue weighted by Crippen LogP contribution is 2.25. The Kier molecular flexibility index (Phi) is 4.26. The van der Waals surface area contributed by atoms with Gasteiger partial charge < -0.3 is 15.4 Å². The normalized spacial score (nSPS) is 21.5. The molecule has 1 unspecified atom stereocenters. The molecule has 0 spiro atoms. The molecule has 84 valence electrons. The van der Waals surface area contributed by atoms with Crippen molar-refractivity contribution in [2.75, 3.05) is 31.6 Å². The molecular weight excluding hydrogens is 232 g/mol. The number of anilines is 1. The molecule has 0 aromatic carbocycles. The van der Waals surface area contributed by atoms with E-state index in [0.29, 0.717) is 6.04 Å². The second-order valence-corrected chi connectivity index (χ2v) is 5.26. The molecular formula is C10H15ClN2OS. The summed E-state index contributed by atoms with van der Waals surface area (Å²) in [6, 6.07) is 4.41. The maximum atomic E-state index is 5.83. The Labute approximate surface area is 98.8 Å². The molecule has 1 fully saturated rings. The van der Waals surface area contributed by atoms with Gasteiger partial charge in [-0.2, -0.15) is 0 Å². The third kappa shape index (κ3) is 3.65. The zero-order valence-electron chi connectivity index (χ0n) is 8.46. The van der Waals surface area contributed by atoms with Crippen LogP contribution in [0.25, 0.3) is 0 Å². The van der Waals surface area contributed by atoms with Gasteiger partial charge in [0.2, 0.25) is 0 Å². The Hall–Kier alpha value is -0.290. The lowest BCUT2D eigenvalue weighted by Gasteiger charge is -2.23. The quantitative estimate of drug-likeness (QED) is 0.855. The maximum Gasteiger partial charge on any atom is 0.0950 e. The van der Waals surface area contributed by atoms with Gasteiger partial charge in [0, 0.05) is 19.1 Å². The summed E-state index contributed by atoms with van der Waals surface area (Å²) in [6.45, 7) is 3.59. The van der Waals surface area contributed by atoms with Crippen molar-refractivity contribution in [3.8, 4) is 0 Å². The Morgan fingerprint density at radius 1 is 1.60 bits per heavy atom. The van der Waals surface area contributed by atoms with Crippen molar-refractivity contribution < 1.29 is 4.74 Å². The minimum atomic E-state index is 0.488. The van der Waals surface area contributed by atoms with Gasteiger partial charge in [-0.25, -0.2) is 0 Å². The molecule has 0 amide bonds. The van der Waals surface area contributed by atoms with Crippen molar-refractivity contribution in [1.82, 2.24) is 5.32 Å². The van der Waals surface area contributed by atoms with E-state index < -0.39 is 0 Å². The Morgan fingerprint density at radius 2 is 2.53 bits per heavy atom. The van der Waals surface area contributed by atoms with Crippen molar-refractivity contribution >= 4 is 27.9 Å². The SMILES string of the molecule is Clc1ccc(NCCC2COCCN2)s1. The van der Waals surface area contributed by atoms with Crippen LogP contribution in [0, 0.1) is 0 Å². The summed E-state index contributed by atoms with van der Waals surface area (Å²) in [5.74, 6) is 0. The molecule has 0 saturated carbocycles. The highest BCUT2D eigenvalue weighted by Gasteiger charge is 2.11. The van der Waals surface area contributed by atoms with Gasteiger partial charge in [-0.15, -0.1) is 11.3 Å². The van der Waals surface area contributed by atoms with Gasteiger partial charge in [-0.1, -0.05) is 11.6 Å². The smallest absolute Gasteiger partial charge is 0.0950 e. The molecule has 2 N–H and O–H groups in total. The second-order valence-electron chi connectivity index (χ2n) is 3.55. The summed E-state index contributed by atoms with van der Waals surface area (Å²) in [5.41, 5.74) is 0. The van der Waals surface area contributed by atoms with E-state index in [1.165, 1.54) is 0 Å². The number of hydrogen-bond donors (Lipinski definition) is 2. The molecule has 2 rings (SSSR count). The van der Waals surface area contributed by atoms with E-state index >= 15 is 0 Å². The van der Waals surface area contributed by atoms with E-state index in [0.717, 1.165) is 42.1 Å². The maximum absolute atomic E-state index is 5.83. The molecule has 0 aliphatic carbocycles. The molecule has 3 nitrogen and oxygen atoms in total. The van der Waals surface area contributed by atoms with Crippen molar-refractivity contribution in [2.24, 2.45) is 0 Å². The fourth-order valence-corrected chi connectivity index (χ4v) is 2.55. The zero-order chi connectivity index (χ0) is 10.5. The lowest BCUT2D eigenvalue weighted by molar-refractivity contribution is 0.0753. The van der Waals surface area contributed by atoms with Crippen LogP contribution in [0.2, 0.25) is 4.34 Å². The van der Waals surface area contributed by atoms with Crippen molar-refractivity contribution in [3.63, 3.8) is 0 Å². The van der Waals surface area contributed by atoms with Crippen molar-refractivity contribution in [2.45, 2.75) is 12.5 Å². The van der Waals surface area contributed by atoms with E-state index in [1.54, 1.807) is 11.3 Å². The van der Waals surface area contributed by atoms with Gasteiger partial charge in [-0.3, -0.25) is 0 Å². The summed E-state index contributed by atoms with van der Waals surface area (Å²) in [6.07, 6.45) is 1.08. The molecule has 5 heteroatoms. The first-order valence-corrected chi connectivity index (χ1v) is 6.34. The zero-order valence-corrected chi connectivity index (χ0v) is 10.0. The molecule has 0 bridgehead atoms. The molecule has 1 aromatic rings. The predicted octanol–water partition coefficient (Wildman–Crippen LogP) is 2.19. The average molecular weight is 247 g/mol. The van der Waals surface area contributed by atoms with Crippen LogP contribution in [0.5, 0.6) is 0 Å². The minimum Gasteiger partial charge on any atom is -0.379 e. The first-order valence-electron chi connectivity index (χ1n) is 5.15. The van der Waals surface area contributed by atoms with E-state index in [9.17, 15) is 0 Å². The van der Waals surface area contributed by atoms with Crippen LogP contribution in [0.15, 0.2) is 12.1 Å². The Morgan fingerprint density at radius 3 is 3.20 bits per heavy atom. The van der Waals surface area contributed by atoms with Gasteiger partial charge in [0.1, 0.15) is 0 Å². The van der Waals surface area contributed by atoms with E-state index in [1.807, 2.05) is 12.1 Å². The van der Waals surface area contributed by atoms with Gasteiger partial charge in [0.25, 0.3) is 0 Å². The third-order valence-electron chi connectivity index (χ3n) is 2.36. The highest BCUT2D eigenvalue weighted by molar-refractivity contribution is 7.19. The second kappa shape index (κ2) is 5.70. The highest BCUT2D eigenvalue weighted by atomic mass is 35.5. The van der Waals surface area contributed by atoms with Crippen LogP contribution in [0.1, 0.15) is 6.42 Å². The molecule has 1 aromatic heterocycles. The first kappa shape index (κ1) is 11.2. The standard InChI is InChI=1S/C10H15ClN2OS/c11-9-1-2-10(15-9)13-4-3-8-7-14-6-5-12-8/h1-2,8,12-13H,3-7H2. The minimum absolute atomic E-state index is 0.488. The third-order valence-corrected chi connectivity index (χ3v) is 3.55. The Balaban J connectivity index is 1.65. The first-order chi connectivity index (χ1) is 7.34. The lowest BCUT2D eigenvalue weighted by Crippen LogP contribution is -2.42. The molecule has 0 radical (unpaired) electrons. The fourth-order valence-electron chi connectivity index (χ4n) is 1.58. The molecule has 15 heavy (non-hydrogen) atoms. The average Bonchev–Trinajstić information content (AvgIpc) is 2.66. The summed E-state index contributed by atoms with van der Waals surface area (Å²) >= 11 is 7.41. The van der Waals surface area contributed by atoms with Gasteiger partial charge in [-0.05, 0) is 18.6 Å². The summed E-state index contributed by atoms with van der Waals surface area (Å²) < 4.78 is 6.21. The fraction of sp³-hybridized carbons (Fsp3) is 0.600. The van der Waals surface area contributed by atoms with E-state index in [-0.39, 0.29) is 0 Å². The van der Waals surface area contributed by atoms with Crippen molar-refractivity contribution in [3.05, 3.63) is 16.5 Å². The van der Waals surface area contributed by atoms with Gasteiger partial charge in [0.05, 0.1) is 22.6 Å². The van der Waals surface area contributed by atoms with Crippen LogP contribution >= 0.6 is 22.9 Å². The summed E-state index contributed by atoms with van der Waals surface area (Å²) in [7, 11) is 0. The molecule has 2 heterocycles. The molecule has 1 aliphatic rings. The largest absolute Gasteiger partial charge is 0.379 e. The molecule has 1 aliphatic heterocycles. The van der Waals surface area contributed by atoms with Crippen LogP contribution < -0.4 is 10.6 Å². The Bertz CT molecular complexity index is 299. The van der Waals surface area contributed by atoms with Crippen LogP contribution in [0.4, 0.5) is 5.00 Å². The number of nitrogens with one attached hydrogen (secondary N) is 2. The number of rotatable bonds is 4. The number of hydrogen-bond acceptors (Lipinski definition) is 4. The lowest BCUT2D eigenvalue weighted by atomic mass is 10.2. The number of thiophene rings is 1. The molecule has 1 atom stereocenters. The van der Waals surface area contributed by atoms with Gasteiger partial charge >= 0.3 is 0 Å². The number of halogens is 1. The van der Waals surface area contributed by atoms with E-state index in [4.69, 9.17) is 16.3 Å². The molecule has 1 saturated heterocycles. The monoisotopic (exact) mass is 246 g/mol. The van der Waals surface area contributed by atoms with Crippen molar-refractivity contribution in [1.29, 1.82) is 0 Å². The summed E-state index contributed by atoms with van der Waals surface area (Å²) in [4.78, 5) is 0. The van der Waals surface area contributed by atoms with Crippen LogP contribution in [-0.4, -0.2) is 32.3 Å². The number of morpholine rings is 1. The van der Waals surface area contributed by atoms with Crippen LogP contribution in [0.3, 0.4) is 0 Å². The van der Waals surface area contributed by atoms with E-state index in [2.05, 4.69) is 10.6 Å². The van der Waals surface area contributed by atoms with Crippen LogP contribution in [-0.2, 0) is 4.74 Å². The number of ether oxygens (including phenoxy) is 1. The van der Waals surface area contributed by atoms with Gasteiger partial charge in [0.15, 0.2) is 0 Å².